The maximum atomic E-state index is 11.4. The third-order valence-corrected chi connectivity index (χ3v) is 7.79. The molecule has 100 valence electrons. The first-order chi connectivity index (χ1) is 8.04. The summed E-state index contributed by atoms with van der Waals surface area (Å²) in [6.45, 7) is 10.6. The minimum absolute atomic E-state index is 0.0481. The quantitative estimate of drug-likeness (QED) is 0.652. The van der Waals surface area contributed by atoms with Crippen LogP contribution in [-0.2, 0) is 0 Å². The fraction of sp³-hybridized carbons (Fsp3) is 0.462. The van der Waals surface area contributed by atoms with Gasteiger partial charge >= 0.3 is 0 Å². The van der Waals surface area contributed by atoms with Gasteiger partial charge in [0, 0.05) is 11.8 Å². The van der Waals surface area contributed by atoms with Crippen LogP contribution in [-0.4, -0.2) is 14.2 Å². The zero-order chi connectivity index (χ0) is 14.1. The van der Waals surface area contributed by atoms with E-state index in [1.54, 1.807) is 18.2 Å². The van der Waals surface area contributed by atoms with Gasteiger partial charge in [-0.05, 0) is 30.3 Å². The Hall–Kier alpha value is -1.49. The van der Waals surface area contributed by atoms with Gasteiger partial charge in [-0.3, -0.25) is 4.79 Å². The lowest BCUT2D eigenvalue weighted by Gasteiger charge is -2.36. The van der Waals surface area contributed by atoms with E-state index in [1.165, 1.54) is 0 Å². The maximum Gasteiger partial charge on any atom is 0.252 e. The van der Waals surface area contributed by atoms with Gasteiger partial charge in [0.15, 0.2) is 0 Å². The van der Waals surface area contributed by atoms with Crippen molar-refractivity contribution in [2.24, 2.45) is 5.73 Å². The third kappa shape index (κ3) is 3.04. The smallest absolute Gasteiger partial charge is 0.252 e. The highest BCUT2D eigenvalue weighted by Gasteiger charge is 2.39. The van der Waals surface area contributed by atoms with Crippen LogP contribution in [0.5, 0.6) is 5.75 Å². The molecule has 0 heterocycles. The SMILES string of the molecule is CC(C)(C)[Si](C)(C)Oc1cc(N)ccc1C(N)=O. The van der Waals surface area contributed by atoms with E-state index in [2.05, 4.69) is 33.9 Å². The largest absolute Gasteiger partial charge is 0.543 e. The second kappa shape index (κ2) is 4.64. The van der Waals surface area contributed by atoms with Crippen molar-refractivity contribution in [1.29, 1.82) is 0 Å². The van der Waals surface area contributed by atoms with Crippen LogP contribution in [0.1, 0.15) is 31.1 Å². The number of primary amides is 1. The zero-order valence-electron chi connectivity index (χ0n) is 11.7. The van der Waals surface area contributed by atoms with Gasteiger partial charge in [0.05, 0.1) is 5.56 Å². The van der Waals surface area contributed by atoms with Gasteiger partial charge < -0.3 is 15.9 Å². The normalized spacial score (nSPS) is 12.3. The first kappa shape index (κ1) is 14.6. The fourth-order valence-electron chi connectivity index (χ4n) is 1.25. The van der Waals surface area contributed by atoms with E-state index in [9.17, 15) is 4.79 Å². The molecule has 1 amide bonds. The van der Waals surface area contributed by atoms with Crippen molar-refractivity contribution in [3.8, 4) is 5.75 Å². The Balaban J connectivity index is 3.18. The summed E-state index contributed by atoms with van der Waals surface area (Å²) < 4.78 is 6.10. The first-order valence-corrected chi connectivity index (χ1v) is 8.84. The summed E-state index contributed by atoms with van der Waals surface area (Å²) in [4.78, 5) is 11.4. The fourth-order valence-corrected chi connectivity index (χ4v) is 2.28. The summed E-state index contributed by atoms with van der Waals surface area (Å²) in [7, 11) is -2.01. The predicted octanol–water partition coefficient (Wildman–Crippen LogP) is 2.75. The minimum atomic E-state index is -2.01. The van der Waals surface area contributed by atoms with Crippen LogP contribution in [0.15, 0.2) is 18.2 Å². The molecule has 0 aliphatic carbocycles. The molecule has 0 aliphatic heterocycles. The number of anilines is 1. The monoisotopic (exact) mass is 266 g/mol. The van der Waals surface area contributed by atoms with Crippen molar-refractivity contribution in [2.45, 2.75) is 38.9 Å². The average Bonchev–Trinajstić information content (AvgIpc) is 2.14. The van der Waals surface area contributed by atoms with Gasteiger partial charge in [0.2, 0.25) is 0 Å². The van der Waals surface area contributed by atoms with Crippen molar-refractivity contribution in [3.05, 3.63) is 23.8 Å². The molecule has 4 N–H and O–H groups in total. The number of benzene rings is 1. The number of rotatable bonds is 3. The summed E-state index contributed by atoms with van der Waals surface area (Å²) in [5.74, 6) is -0.00204. The summed E-state index contributed by atoms with van der Waals surface area (Å²) in [5.41, 5.74) is 12.0. The highest BCUT2D eigenvalue weighted by molar-refractivity contribution is 6.74. The molecule has 0 bridgehead atoms. The predicted molar refractivity (Wildman–Crippen MR) is 77.2 cm³/mol. The van der Waals surface area contributed by atoms with Crippen molar-refractivity contribution < 1.29 is 9.22 Å². The molecule has 0 unspecified atom stereocenters. The van der Waals surface area contributed by atoms with E-state index in [0.29, 0.717) is 17.0 Å². The average molecular weight is 266 g/mol. The van der Waals surface area contributed by atoms with Crippen molar-refractivity contribution in [1.82, 2.24) is 0 Å². The van der Waals surface area contributed by atoms with Gasteiger partial charge in [-0.2, -0.15) is 0 Å². The Labute approximate surface area is 109 Å². The van der Waals surface area contributed by atoms with Crippen LogP contribution in [0.3, 0.4) is 0 Å². The molecule has 1 aromatic carbocycles. The molecule has 0 aromatic heterocycles. The molecular weight excluding hydrogens is 244 g/mol. The number of carbonyl (C=O) groups is 1. The van der Waals surface area contributed by atoms with Gasteiger partial charge in [0.25, 0.3) is 14.2 Å². The van der Waals surface area contributed by atoms with E-state index in [4.69, 9.17) is 15.9 Å². The van der Waals surface area contributed by atoms with E-state index in [0.717, 1.165) is 0 Å². The molecule has 5 heteroatoms. The van der Waals surface area contributed by atoms with E-state index in [-0.39, 0.29) is 5.04 Å². The Kier molecular flexibility index (Phi) is 3.76. The van der Waals surface area contributed by atoms with Crippen LogP contribution >= 0.6 is 0 Å². The van der Waals surface area contributed by atoms with Crippen molar-refractivity contribution in [2.75, 3.05) is 5.73 Å². The lowest BCUT2D eigenvalue weighted by atomic mass is 10.2. The highest BCUT2D eigenvalue weighted by Crippen LogP contribution is 2.38. The van der Waals surface area contributed by atoms with Gasteiger partial charge in [-0.15, -0.1) is 0 Å². The number of nitrogens with two attached hydrogens (primary N) is 2. The molecule has 0 spiro atoms. The molecule has 1 rings (SSSR count). The van der Waals surface area contributed by atoms with Crippen LogP contribution in [0, 0.1) is 0 Å². The Morgan fingerprint density at radius 3 is 2.28 bits per heavy atom. The minimum Gasteiger partial charge on any atom is -0.543 e. The molecule has 0 aliphatic rings. The maximum absolute atomic E-state index is 11.4. The van der Waals surface area contributed by atoms with E-state index in [1.807, 2.05) is 0 Å². The van der Waals surface area contributed by atoms with Crippen LogP contribution in [0.4, 0.5) is 5.69 Å². The summed E-state index contributed by atoms with van der Waals surface area (Å²) >= 11 is 0. The molecule has 0 fully saturated rings. The number of carbonyl (C=O) groups excluding carboxylic acids is 1. The third-order valence-electron chi connectivity index (χ3n) is 3.44. The standard InChI is InChI=1S/C13H22N2O2Si/c1-13(2,3)18(4,5)17-11-8-9(14)6-7-10(11)12(15)16/h6-8H,14H2,1-5H3,(H2,15,16). The molecule has 0 atom stereocenters. The molecule has 18 heavy (non-hydrogen) atoms. The number of amides is 1. The summed E-state index contributed by atoms with van der Waals surface area (Å²) in [6.07, 6.45) is 0. The van der Waals surface area contributed by atoms with Crippen LogP contribution < -0.4 is 15.9 Å². The second-order valence-corrected chi connectivity index (χ2v) is 10.7. The zero-order valence-corrected chi connectivity index (χ0v) is 12.7. The van der Waals surface area contributed by atoms with Crippen LogP contribution in [0.25, 0.3) is 0 Å². The lowest BCUT2D eigenvalue weighted by molar-refractivity contribution is 0.0998. The number of nitrogen functional groups attached to an aromatic ring is 1. The molecular formula is C13H22N2O2Si. The van der Waals surface area contributed by atoms with Gasteiger partial charge in [-0.25, -0.2) is 0 Å². The Bertz CT molecular complexity index is 465. The van der Waals surface area contributed by atoms with E-state index < -0.39 is 14.2 Å². The topological polar surface area (TPSA) is 78.3 Å². The van der Waals surface area contributed by atoms with Crippen molar-refractivity contribution in [3.63, 3.8) is 0 Å². The molecule has 0 radical (unpaired) electrons. The summed E-state index contributed by atoms with van der Waals surface area (Å²) in [5, 5.41) is 0.0481. The van der Waals surface area contributed by atoms with Gasteiger partial charge in [-0.1, -0.05) is 20.8 Å². The van der Waals surface area contributed by atoms with Crippen LogP contribution in [0.2, 0.25) is 18.1 Å². The Morgan fingerprint density at radius 2 is 1.83 bits per heavy atom. The lowest BCUT2D eigenvalue weighted by Crippen LogP contribution is -2.44. The Morgan fingerprint density at radius 1 is 1.28 bits per heavy atom. The van der Waals surface area contributed by atoms with Crippen molar-refractivity contribution >= 4 is 19.9 Å². The molecule has 4 nitrogen and oxygen atoms in total. The molecule has 0 saturated heterocycles. The number of hydrogen-bond acceptors (Lipinski definition) is 3. The van der Waals surface area contributed by atoms with E-state index >= 15 is 0 Å². The molecule has 1 aromatic rings. The summed E-state index contributed by atoms with van der Waals surface area (Å²) in [6, 6.07) is 4.93. The number of hydrogen-bond donors (Lipinski definition) is 2. The first-order valence-electron chi connectivity index (χ1n) is 5.93. The van der Waals surface area contributed by atoms with Gasteiger partial charge in [0.1, 0.15) is 5.75 Å². The highest BCUT2D eigenvalue weighted by atomic mass is 28.4. The second-order valence-electron chi connectivity index (χ2n) is 5.98. The molecule has 0 saturated carbocycles.